The number of anilines is 1. The van der Waals surface area contributed by atoms with E-state index in [1.54, 1.807) is 18.2 Å². The largest absolute Gasteiger partial charge is 0.384 e. The maximum Gasteiger partial charge on any atom is 0.224 e. The van der Waals surface area contributed by atoms with Crippen molar-refractivity contribution in [3.8, 4) is 11.3 Å². The molecule has 4 rings (SSSR count). The second kappa shape index (κ2) is 9.71. The fraction of sp³-hybridized carbons (Fsp3) is 0.280. The van der Waals surface area contributed by atoms with Crippen molar-refractivity contribution < 1.29 is 9.18 Å². The van der Waals surface area contributed by atoms with Crippen LogP contribution in [0.4, 0.5) is 10.2 Å². The molecule has 3 aromatic rings. The number of halogens is 1. The molecule has 1 amide bonds. The molecule has 0 spiro atoms. The number of benzene rings is 2. The molecule has 0 saturated carbocycles. The van der Waals surface area contributed by atoms with Crippen LogP contribution in [-0.4, -0.2) is 41.5 Å². The number of aromatic nitrogens is 1. The number of amides is 1. The molecule has 5 nitrogen and oxygen atoms in total. The summed E-state index contributed by atoms with van der Waals surface area (Å²) < 4.78 is 13.0. The predicted molar refractivity (Wildman–Crippen MR) is 121 cm³/mol. The van der Waals surface area contributed by atoms with Gasteiger partial charge in [0.15, 0.2) is 0 Å². The van der Waals surface area contributed by atoms with Crippen LogP contribution in [-0.2, 0) is 17.6 Å². The minimum atomic E-state index is -0.285. The van der Waals surface area contributed by atoms with Crippen LogP contribution < -0.4 is 11.1 Å². The summed E-state index contributed by atoms with van der Waals surface area (Å²) in [5, 5.41) is 3.11. The number of nitrogen functional groups attached to an aromatic ring is 1. The number of hydrogen-bond donors (Lipinski definition) is 2. The number of likely N-dealkylation sites (tertiary alicyclic amines) is 1. The van der Waals surface area contributed by atoms with Gasteiger partial charge in [-0.25, -0.2) is 9.37 Å². The summed E-state index contributed by atoms with van der Waals surface area (Å²) in [6, 6.07) is 20.4. The fourth-order valence-corrected chi connectivity index (χ4v) is 3.96. The molecule has 0 bridgehead atoms. The van der Waals surface area contributed by atoms with Gasteiger partial charge in [-0.1, -0.05) is 42.5 Å². The third-order valence-corrected chi connectivity index (χ3v) is 5.65. The summed E-state index contributed by atoms with van der Waals surface area (Å²) in [4.78, 5) is 19.0. The van der Waals surface area contributed by atoms with Gasteiger partial charge in [0, 0.05) is 31.2 Å². The Balaban J connectivity index is 1.22. The zero-order valence-corrected chi connectivity index (χ0v) is 17.4. The Labute approximate surface area is 182 Å². The number of nitrogens with two attached hydrogens (primary N) is 1. The Morgan fingerprint density at radius 1 is 1.06 bits per heavy atom. The first-order chi connectivity index (χ1) is 15.0. The molecule has 0 aliphatic carbocycles. The lowest BCUT2D eigenvalue weighted by Gasteiger charge is -2.17. The van der Waals surface area contributed by atoms with Crippen molar-refractivity contribution in [2.24, 2.45) is 0 Å². The maximum absolute atomic E-state index is 13.0. The van der Waals surface area contributed by atoms with Crippen LogP contribution in [0.1, 0.15) is 17.5 Å². The van der Waals surface area contributed by atoms with Gasteiger partial charge in [0.25, 0.3) is 0 Å². The Hall–Kier alpha value is -3.25. The minimum Gasteiger partial charge on any atom is -0.384 e. The van der Waals surface area contributed by atoms with Crippen molar-refractivity contribution in [3.63, 3.8) is 0 Å². The number of nitrogens with one attached hydrogen (secondary N) is 1. The van der Waals surface area contributed by atoms with Crippen LogP contribution in [0.3, 0.4) is 0 Å². The molecule has 2 aromatic carbocycles. The standard InChI is InChI=1S/C25H27FN4O/c26-21-10-6-19(7-11-21)16-25(31)28-22-13-15-30(17-22)14-12-18-4-8-20(9-5-18)23-2-1-3-24(27)29-23/h1-11,22H,12-17H2,(H2,27,29)(H,28,31). The van der Waals surface area contributed by atoms with Crippen molar-refractivity contribution in [2.45, 2.75) is 25.3 Å². The molecule has 6 heteroatoms. The zero-order chi connectivity index (χ0) is 21.6. The molecule has 0 radical (unpaired) electrons. The monoisotopic (exact) mass is 418 g/mol. The molecule has 1 aromatic heterocycles. The lowest BCUT2D eigenvalue weighted by Crippen LogP contribution is -2.38. The summed E-state index contributed by atoms with van der Waals surface area (Å²) in [7, 11) is 0. The second-order valence-corrected chi connectivity index (χ2v) is 8.05. The molecule has 1 aliphatic heterocycles. The van der Waals surface area contributed by atoms with Crippen LogP contribution >= 0.6 is 0 Å². The number of rotatable bonds is 7. The van der Waals surface area contributed by atoms with E-state index in [4.69, 9.17) is 5.73 Å². The molecule has 160 valence electrons. The molecular formula is C25H27FN4O. The van der Waals surface area contributed by atoms with E-state index < -0.39 is 0 Å². The number of carbonyl (C=O) groups excluding carboxylic acids is 1. The van der Waals surface area contributed by atoms with Gasteiger partial charge in [0.05, 0.1) is 12.1 Å². The third kappa shape index (κ3) is 5.89. The van der Waals surface area contributed by atoms with Gasteiger partial charge in [0.1, 0.15) is 11.6 Å². The Morgan fingerprint density at radius 3 is 2.55 bits per heavy atom. The van der Waals surface area contributed by atoms with E-state index in [1.165, 1.54) is 17.7 Å². The highest BCUT2D eigenvalue weighted by molar-refractivity contribution is 5.78. The highest BCUT2D eigenvalue weighted by Crippen LogP contribution is 2.19. The third-order valence-electron chi connectivity index (χ3n) is 5.65. The Bertz CT molecular complexity index is 1020. The van der Waals surface area contributed by atoms with Crippen LogP contribution in [0.5, 0.6) is 0 Å². The molecule has 2 heterocycles. The summed E-state index contributed by atoms with van der Waals surface area (Å²) in [6.07, 6.45) is 2.20. The summed E-state index contributed by atoms with van der Waals surface area (Å²) in [5.41, 5.74) is 9.81. The second-order valence-electron chi connectivity index (χ2n) is 8.05. The van der Waals surface area contributed by atoms with E-state index in [0.29, 0.717) is 5.82 Å². The highest BCUT2D eigenvalue weighted by Gasteiger charge is 2.23. The predicted octanol–water partition coefficient (Wildman–Crippen LogP) is 3.45. The van der Waals surface area contributed by atoms with Gasteiger partial charge in [-0.15, -0.1) is 0 Å². The SMILES string of the molecule is Nc1cccc(-c2ccc(CCN3CCC(NC(=O)Cc4ccc(F)cc4)C3)cc2)n1. The molecular weight excluding hydrogens is 391 g/mol. The molecule has 1 atom stereocenters. The fourth-order valence-electron chi connectivity index (χ4n) is 3.96. The van der Waals surface area contributed by atoms with Crippen molar-refractivity contribution in [1.82, 2.24) is 15.2 Å². The summed E-state index contributed by atoms with van der Waals surface area (Å²) in [5.74, 6) is 0.228. The normalized spacial score (nSPS) is 16.4. The van der Waals surface area contributed by atoms with Crippen molar-refractivity contribution in [3.05, 3.63) is 83.7 Å². The first kappa shape index (κ1) is 21.0. The van der Waals surface area contributed by atoms with E-state index in [1.807, 2.05) is 12.1 Å². The first-order valence-corrected chi connectivity index (χ1v) is 10.6. The zero-order valence-electron chi connectivity index (χ0n) is 17.4. The van der Waals surface area contributed by atoms with Crippen LogP contribution in [0.15, 0.2) is 66.7 Å². The van der Waals surface area contributed by atoms with E-state index in [-0.39, 0.29) is 24.2 Å². The van der Waals surface area contributed by atoms with Crippen molar-refractivity contribution in [1.29, 1.82) is 0 Å². The number of hydrogen-bond acceptors (Lipinski definition) is 4. The lowest BCUT2D eigenvalue weighted by molar-refractivity contribution is -0.121. The summed E-state index contributed by atoms with van der Waals surface area (Å²) in [6.45, 7) is 2.80. The quantitative estimate of drug-likeness (QED) is 0.617. The minimum absolute atomic E-state index is 0.01000. The van der Waals surface area contributed by atoms with Gasteiger partial charge in [0.2, 0.25) is 5.91 Å². The highest BCUT2D eigenvalue weighted by atomic mass is 19.1. The number of carbonyl (C=O) groups is 1. The molecule has 1 saturated heterocycles. The maximum atomic E-state index is 13.0. The van der Waals surface area contributed by atoms with Crippen molar-refractivity contribution in [2.75, 3.05) is 25.4 Å². The smallest absolute Gasteiger partial charge is 0.224 e. The van der Waals surface area contributed by atoms with E-state index in [2.05, 4.69) is 39.5 Å². The average molecular weight is 419 g/mol. The molecule has 1 aliphatic rings. The van der Waals surface area contributed by atoms with Crippen LogP contribution in [0.2, 0.25) is 0 Å². The molecule has 1 unspecified atom stereocenters. The van der Waals surface area contributed by atoms with E-state index in [9.17, 15) is 9.18 Å². The number of nitrogens with zero attached hydrogens (tertiary/aromatic N) is 2. The molecule has 31 heavy (non-hydrogen) atoms. The molecule has 3 N–H and O–H groups in total. The van der Waals surface area contributed by atoms with Gasteiger partial charge < -0.3 is 16.0 Å². The van der Waals surface area contributed by atoms with Crippen molar-refractivity contribution >= 4 is 11.7 Å². The molecule has 1 fully saturated rings. The number of pyridine rings is 1. The van der Waals surface area contributed by atoms with Gasteiger partial charge in [-0.2, -0.15) is 0 Å². The van der Waals surface area contributed by atoms with E-state index >= 15 is 0 Å². The average Bonchev–Trinajstić information content (AvgIpc) is 3.21. The Kier molecular flexibility index (Phi) is 6.57. The Morgan fingerprint density at radius 2 is 1.81 bits per heavy atom. The van der Waals surface area contributed by atoms with E-state index in [0.717, 1.165) is 49.3 Å². The topological polar surface area (TPSA) is 71.2 Å². The summed E-state index contributed by atoms with van der Waals surface area (Å²) >= 11 is 0. The van der Waals surface area contributed by atoms with Crippen LogP contribution in [0, 0.1) is 5.82 Å². The van der Waals surface area contributed by atoms with Crippen LogP contribution in [0.25, 0.3) is 11.3 Å². The lowest BCUT2D eigenvalue weighted by atomic mass is 10.1. The van der Waals surface area contributed by atoms with Gasteiger partial charge in [-0.3, -0.25) is 4.79 Å². The first-order valence-electron chi connectivity index (χ1n) is 10.6. The van der Waals surface area contributed by atoms with Gasteiger partial charge >= 0.3 is 0 Å². The van der Waals surface area contributed by atoms with Gasteiger partial charge in [-0.05, 0) is 48.2 Å².